The van der Waals surface area contributed by atoms with E-state index in [1.54, 1.807) is 24.5 Å². The number of hydrogen-bond donors (Lipinski definition) is 2. The predicted octanol–water partition coefficient (Wildman–Crippen LogP) is 3.04. The van der Waals surface area contributed by atoms with Crippen molar-refractivity contribution < 1.29 is 12.8 Å². The Balaban J connectivity index is 1.27. The van der Waals surface area contributed by atoms with Crippen LogP contribution in [0.25, 0.3) is 11.0 Å². The molecule has 0 aliphatic carbocycles. The Hall–Kier alpha value is -2.68. The van der Waals surface area contributed by atoms with Crippen molar-refractivity contribution in [3.63, 3.8) is 0 Å². The van der Waals surface area contributed by atoms with Crippen molar-refractivity contribution in [2.75, 3.05) is 18.4 Å². The fourth-order valence-electron chi connectivity index (χ4n) is 4.54. The van der Waals surface area contributed by atoms with Crippen LogP contribution in [0.1, 0.15) is 24.0 Å². The monoisotopic (exact) mass is 439 g/mol. The highest BCUT2D eigenvalue weighted by Gasteiger charge is 2.35. The molecule has 2 aliphatic heterocycles. The lowest BCUT2D eigenvalue weighted by Gasteiger charge is -2.38. The van der Waals surface area contributed by atoms with E-state index in [1.807, 2.05) is 31.2 Å². The van der Waals surface area contributed by atoms with Crippen LogP contribution in [0.15, 0.2) is 62.8 Å². The van der Waals surface area contributed by atoms with Crippen LogP contribution in [0, 0.1) is 12.8 Å². The second kappa shape index (κ2) is 7.78. The molecule has 0 unspecified atom stereocenters. The number of para-hydroxylation sites is 1. The van der Waals surface area contributed by atoms with Crippen molar-refractivity contribution >= 4 is 26.7 Å². The minimum absolute atomic E-state index is 0.0189. The molecule has 2 aromatic carbocycles. The zero-order chi connectivity index (χ0) is 21.6. The third-order valence-electron chi connectivity index (χ3n) is 6.27. The van der Waals surface area contributed by atoms with E-state index in [0.29, 0.717) is 33.7 Å². The Morgan fingerprint density at radius 3 is 2.71 bits per heavy atom. The van der Waals surface area contributed by atoms with E-state index in [0.717, 1.165) is 31.5 Å². The number of fused-ring (bicyclic) bond motifs is 2. The SMILES string of the molecule is Cc1ccc2occ(CN3CCC([C@@H]4Nc5ccccc5S(=O)(=O)N4)CC3)c(=O)c2c1. The summed E-state index contributed by atoms with van der Waals surface area (Å²) in [6.45, 7) is 4.07. The molecule has 0 radical (unpaired) electrons. The van der Waals surface area contributed by atoms with Gasteiger partial charge in [0.05, 0.1) is 23.5 Å². The number of piperidine rings is 1. The Kier molecular flexibility index (Phi) is 5.08. The van der Waals surface area contributed by atoms with E-state index in [9.17, 15) is 13.2 Å². The van der Waals surface area contributed by atoms with Crippen molar-refractivity contribution in [3.8, 4) is 0 Å². The second-order valence-corrected chi connectivity index (χ2v) is 10.1. The smallest absolute Gasteiger partial charge is 0.244 e. The van der Waals surface area contributed by atoms with Crippen LogP contribution in [0.3, 0.4) is 0 Å². The van der Waals surface area contributed by atoms with Gasteiger partial charge in [-0.05, 0) is 63.0 Å². The van der Waals surface area contributed by atoms with Crippen LogP contribution in [0.5, 0.6) is 0 Å². The largest absolute Gasteiger partial charge is 0.464 e. The van der Waals surface area contributed by atoms with E-state index in [4.69, 9.17) is 4.42 Å². The summed E-state index contributed by atoms with van der Waals surface area (Å²) in [5, 5.41) is 3.97. The molecule has 2 aliphatic rings. The zero-order valence-corrected chi connectivity index (χ0v) is 18.1. The maximum atomic E-state index is 12.9. The molecule has 2 N–H and O–H groups in total. The van der Waals surface area contributed by atoms with Gasteiger partial charge in [0.1, 0.15) is 10.5 Å². The zero-order valence-electron chi connectivity index (χ0n) is 17.3. The quantitative estimate of drug-likeness (QED) is 0.652. The van der Waals surface area contributed by atoms with Crippen LogP contribution < -0.4 is 15.5 Å². The Labute approximate surface area is 181 Å². The fourth-order valence-corrected chi connectivity index (χ4v) is 5.93. The van der Waals surface area contributed by atoms with Crippen LogP contribution in [-0.4, -0.2) is 32.6 Å². The van der Waals surface area contributed by atoms with Crippen LogP contribution in [0.2, 0.25) is 0 Å². The van der Waals surface area contributed by atoms with Gasteiger partial charge in [-0.25, -0.2) is 8.42 Å². The maximum absolute atomic E-state index is 12.9. The summed E-state index contributed by atoms with van der Waals surface area (Å²) in [6, 6.07) is 12.6. The highest BCUT2D eigenvalue weighted by atomic mass is 32.2. The van der Waals surface area contributed by atoms with Crippen molar-refractivity contribution in [3.05, 3.63) is 70.1 Å². The molecule has 3 heterocycles. The molecule has 1 aromatic heterocycles. The van der Waals surface area contributed by atoms with E-state index in [1.165, 1.54) is 0 Å². The number of sulfonamides is 1. The first-order chi connectivity index (χ1) is 14.9. The number of rotatable bonds is 3. The van der Waals surface area contributed by atoms with Gasteiger partial charge in [-0.2, -0.15) is 4.72 Å². The van der Waals surface area contributed by atoms with Gasteiger partial charge in [0, 0.05) is 12.1 Å². The molecular formula is C23H25N3O4S. The van der Waals surface area contributed by atoms with Crippen molar-refractivity contribution in [1.29, 1.82) is 0 Å². The maximum Gasteiger partial charge on any atom is 0.244 e. The van der Waals surface area contributed by atoms with E-state index < -0.39 is 10.0 Å². The summed E-state index contributed by atoms with van der Waals surface area (Å²) in [7, 11) is -3.51. The first-order valence-electron chi connectivity index (χ1n) is 10.5. The lowest BCUT2D eigenvalue weighted by atomic mass is 9.93. The van der Waals surface area contributed by atoms with Gasteiger partial charge in [0.15, 0.2) is 5.43 Å². The molecule has 0 amide bonds. The normalized spacial score (nSPS) is 21.5. The third-order valence-corrected chi connectivity index (χ3v) is 7.77. The Morgan fingerprint density at radius 2 is 1.90 bits per heavy atom. The van der Waals surface area contributed by atoms with E-state index in [-0.39, 0.29) is 17.5 Å². The highest BCUT2D eigenvalue weighted by Crippen LogP contribution is 2.31. The van der Waals surface area contributed by atoms with Gasteiger partial charge < -0.3 is 9.73 Å². The number of nitrogens with zero attached hydrogens (tertiary/aromatic N) is 1. The van der Waals surface area contributed by atoms with Crippen molar-refractivity contribution in [2.45, 2.75) is 37.4 Å². The topological polar surface area (TPSA) is 91.7 Å². The van der Waals surface area contributed by atoms with Gasteiger partial charge in [-0.3, -0.25) is 9.69 Å². The Bertz CT molecular complexity index is 1290. The summed E-state index contributed by atoms with van der Waals surface area (Å²) in [5.41, 5.74) is 2.96. The number of benzene rings is 2. The fraction of sp³-hybridized carbons (Fsp3) is 0.348. The average molecular weight is 440 g/mol. The predicted molar refractivity (Wildman–Crippen MR) is 119 cm³/mol. The number of hydrogen-bond acceptors (Lipinski definition) is 6. The minimum atomic E-state index is -3.51. The van der Waals surface area contributed by atoms with E-state index in [2.05, 4.69) is 14.9 Å². The molecule has 0 saturated carbocycles. The Morgan fingerprint density at radius 1 is 1.13 bits per heavy atom. The minimum Gasteiger partial charge on any atom is -0.464 e. The number of aryl methyl sites for hydroxylation is 1. The molecule has 0 spiro atoms. The molecular weight excluding hydrogens is 414 g/mol. The number of nitrogens with one attached hydrogen (secondary N) is 2. The second-order valence-electron chi connectivity index (χ2n) is 8.44. The lowest BCUT2D eigenvalue weighted by molar-refractivity contribution is 0.162. The summed E-state index contributed by atoms with van der Waals surface area (Å²) in [6.07, 6.45) is 2.91. The van der Waals surface area contributed by atoms with Crippen LogP contribution >= 0.6 is 0 Å². The van der Waals surface area contributed by atoms with Gasteiger partial charge in [0.2, 0.25) is 10.0 Å². The first-order valence-corrected chi connectivity index (χ1v) is 12.0. The summed E-state index contributed by atoms with van der Waals surface area (Å²) < 4.78 is 33.7. The lowest BCUT2D eigenvalue weighted by Crippen LogP contribution is -2.51. The number of anilines is 1. The summed E-state index contributed by atoms with van der Waals surface area (Å²) >= 11 is 0. The molecule has 8 heteroatoms. The van der Waals surface area contributed by atoms with Gasteiger partial charge in [0.25, 0.3) is 0 Å². The van der Waals surface area contributed by atoms with Crippen LogP contribution in [0.4, 0.5) is 5.69 Å². The highest BCUT2D eigenvalue weighted by molar-refractivity contribution is 7.89. The molecule has 0 bridgehead atoms. The first kappa shape index (κ1) is 20.2. The average Bonchev–Trinajstić information content (AvgIpc) is 2.76. The summed E-state index contributed by atoms with van der Waals surface area (Å²) in [4.78, 5) is 15.4. The van der Waals surface area contributed by atoms with Crippen LogP contribution in [-0.2, 0) is 16.6 Å². The molecule has 162 valence electrons. The third kappa shape index (κ3) is 3.86. The van der Waals surface area contributed by atoms with Gasteiger partial charge in [-0.1, -0.05) is 23.8 Å². The number of likely N-dealkylation sites (tertiary alicyclic amines) is 1. The molecule has 1 saturated heterocycles. The standard InChI is InChI=1S/C23H25N3O4S/c1-15-6-7-20-18(12-15)22(27)17(14-30-20)13-26-10-8-16(9-11-26)23-24-19-4-2-3-5-21(19)31(28,29)25-23/h2-7,12,14,16,23-25H,8-11,13H2,1H3/t23-/m1/s1. The summed E-state index contributed by atoms with van der Waals surface area (Å²) in [5.74, 6) is 0.176. The van der Waals surface area contributed by atoms with Gasteiger partial charge >= 0.3 is 0 Å². The van der Waals surface area contributed by atoms with E-state index >= 15 is 0 Å². The molecule has 7 nitrogen and oxygen atoms in total. The molecule has 5 rings (SSSR count). The molecule has 3 aromatic rings. The van der Waals surface area contributed by atoms with Crippen molar-refractivity contribution in [1.82, 2.24) is 9.62 Å². The molecule has 31 heavy (non-hydrogen) atoms. The molecule has 1 fully saturated rings. The molecule has 1 atom stereocenters. The van der Waals surface area contributed by atoms with Crippen molar-refractivity contribution in [2.24, 2.45) is 5.92 Å². The van der Waals surface area contributed by atoms with Gasteiger partial charge in [-0.15, -0.1) is 0 Å².